The predicted octanol–water partition coefficient (Wildman–Crippen LogP) is 1.38. The standard InChI is InChI=1S/C13H15ClF2N2O4S2/c1-24(21,22)10-5-9(23-11(10)14)12(19)17-7-4-8(16)13(20)18(6-7)3-2-15/h4,6,9-11H,2-3,5H2,1H3,(H,17,19). The number of carbonyl (C=O) groups is 1. The van der Waals surface area contributed by atoms with Gasteiger partial charge in [0.15, 0.2) is 15.7 Å². The maximum atomic E-state index is 13.6. The Morgan fingerprint density at radius 2 is 2.21 bits per heavy atom. The normalized spacial score (nSPS) is 24.1. The molecule has 0 saturated carbocycles. The number of halogens is 3. The topological polar surface area (TPSA) is 85.2 Å². The van der Waals surface area contributed by atoms with Crippen LogP contribution in [0, 0.1) is 5.82 Å². The molecule has 1 amide bonds. The first kappa shape index (κ1) is 19.2. The van der Waals surface area contributed by atoms with Gasteiger partial charge >= 0.3 is 0 Å². The number of amides is 1. The van der Waals surface area contributed by atoms with Crippen molar-refractivity contribution in [2.24, 2.45) is 0 Å². The first-order valence-electron chi connectivity index (χ1n) is 6.88. The summed E-state index contributed by atoms with van der Waals surface area (Å²) in [5.41, 5.74) is -1.00. The highest BCUT2D eigenvalue weighted by Gasteiger charge is 2.42. The Bertz CT molecular complexity index is 800. The Hall–Kier alpha value is -1.13. The van der Waals surface area contributed by atoms with Gasteiger partial charge in [-0.25, -0.2) is 17.2 Å². The SMILES string of the molecule is CS(=O)(=O)C1CC(C(=O)Nc2cc(F)c(=O)n(CCF)c2)SC1Cl. The van der Waals surface area contributed by atoms with Crippen molar-refractivity contribution < 1.29 is 22.0 Å². The van der Waals surface area contributed by atoms with Gasteiger partial charge in [0.05, 0.1) is 27.4 Å². The number of aromatic nitrogens is 1. The van der Waals surface area contributed by atoms with Crippen molar-refractivity contribution in [3.8, 4) is 0 Å². The number of hydrogen-bond donors (Lipinski definition) is 1. The third-order valence-electron chi connectivity index (χ3n) is 3.51. The summed E-state index contributed by atoms with van der Waals surface area (Å²) >= 11 is 6.98. The van der Waals surface area contributed by atoms with E-state index >= 15 is 0 Å². The first-order chi connectivity index (χ1) is 11.1. The zero-order chi connectivity index (χ0) is 18.1. The van der Waals surface area contributed by atoms with Crippen LogP contribution in [-0.4, -0.2) is 47.0 Å². The number of sulfone groups is 1. The highest BCUT2D eigenvalue weighted by molar-refractivity contribution is 8.04. The Kier molecular flexibility index (Phi) is 5.92. The maximum Gasteiger partial charge on any atom is 0.286 e. The average Bonchev–Trinajstić information content (AvgIpc) is 2.86. The van der Waals surface area contributed by atoms with Gasteiger partial charge in [-0.05, 0) is 6.42 Å². The average molecular weight is 401 g/mol. The highest BCUT2D eigenvalue weighted by atomic mass is 35.5. The molecule has 1 aliphatic rings. The predicted molar refractivity (Wildman–Crippen MR) is 89.5 cm³/mol. The van der Waals surface area contributed by atoms with Crippen LogP contribution in [0.1, 0.15) is 6.42 Å². The summed E-state index contributed by atoms with van der Waals surface area (Å²) in [5.74, 6) is -1.67. The molecule has 0 spiro atoms. The minimum atomic E-state index is -3.40. The van der Waals surface area contributed by atoms with Gasteiger partial charge in [-0.2, -0.15) is 0 Å². The van der Waals surface area contributed by atoms with Crippen LogP contribution in [0.2, 0.25) is 0 Å². The molecule has 134 valence electrons. The van der Waals surface area contributed by atoms with Gasteiger partial charge < -0.3 is 9.88 Å². The quantitative estimate of drug-likeness (QED) is 0.755. The number of nitrogens with zero attached hydrogens (tertiary/aromatic N) is 1. The first-order valence-corrected chi connectivity index (χ1v) is 10.2. The Balaban J connectivity index is 2.15. The van der Waals surface area contributed by atoms with E-state index in [1.807, 2.05) is 0 Å². The van der Waals surface area contributed by atoms with Crippen LogP contribution in [0.3, 0.4) is 0 Å². The molecule has 3 unspecified atom stereocenters. The van der Waals surface area contributed by atoms with Crippen molar-refractivity contribution in [2.75, 3.05) is 18.2 Å². The third-order valence-corrected chi connectivity index (χ3v) is 7.33. The molecule has 1 aromatic rings. The minimum absolute atomic E-state index is 0.0138. The molecule has 1 aliphatic heterocycles. The Labute approximate surface area is 146 Å². The van der Waals surface area contributed by atoms with Crippen LogP contribution in [0.15, 0.2) is 17.1 Å². The van der Waals surface area contributed by atoms with E-state index in [2.05, 4.69) is 5.32 Å². The second-order valence-corrected chi connectivity index (χ2v) is 9.68. The number of carbonyl (C=O) groups excluding carboxylic acids is 1. The molecule has 6 nitrogen and oxygen atoms in total. The molecule has 24 heavy (non-hydrogen) atoms. The number of aryl methyl sites for hydroxylation is 1. The number of alkyl halides is 2. The zero-order valence-electron chi connectivity index (χ0n) is 12.5. The van der Waals surface area contributed by atoms with Crippen LogP contribution >= 0.6 is 23.4 Å². The Morgan fingerprint density at radius 3 is 2.75 bits per heavy atom. The lowest BCUT2D eigenvalue weighted by Gasteiger charge is -2.12. The minimum Gasteiger partial charge on any atom is -0.324 e. The van der Waals surface area contributed by atoms with Gasteiger partial charge in [-0.1, -0.05) is 0 Å². The van der Waals surface area contributed by atoms with E-state index in [0.29, 0.717) is 0 Å². The summed E-state index contributed by atoms with van der Waals surface area (Å²) < 4.78 is 49.2. The summed E-state index contributed by atoms with van der Waals surface area (Å²) in [5, 5.41) is 0.833. The van der Waals surface area contributed by atoms with E-state index in [0.717, 1.165) is 34.8 Å². The third kappa shape index (κ3) is 4.28. The largest absolute Gasteiger partial charge is 0.324 e. The van der Waals surface area contributed by atoms with Gasteiger partial charge in [0.2, 0.25) is 5.91 Å². The van der Waals surface area contributed by atoms with Crippen LogP contribution in [0.4, 0.5) is 14.5 Å². The van der Waals surface area contributed by atoms with Crippen molar-refractivity contribution >= 4 is 44.8 Å². The molecule has 0 aliphatic carbocycles. The fraction of sp³-hybridized carbons (Fsp3) is 0.538. The van der Waals surface area contributed by atoms with Crippen molar-refractivity contribution in [1.82, 2.24) is 4.57 Å². The maximum absolute atomic E-state index is 13.6. The number of nitrogens with one attached hydrogen (secondary N) is 1. The van der Waals surface area contributed by atoms with Gasteiger partial charge in [-0.15, -0.1) is 23.4 Å². The monoisotopic (exact) mass is 400 g/mol. The molecule has 2 heterocycles. The van der Waals surface area contributed by atoms with E-state index in [-0.39, 0.29) is 18.7 Å². The summed E-state index contributed by atoms with van der Waals surface area (Å²) in [6.07, 6.45) is 2.22. The zero-order valence-corrected chi connectivity index (χ0v) is 14.9. The molecule has 0 radical (unpaired) electrons. The summed E-state index contributed by atoms with van der Waals surface area (Å²) in [6, 6.07) is 0.834. The number of anilines is 1. The van der Waals surface area contributed by atoms with Crippen LogP contribution in [0.5, 0.6) is 0 Å². The van der Waals surface area contributed by atoms with Crippen molar-refractivity contribution in [3.63, 3.8) is 0 Å². The van der Waals surface area contributed by atoms with Crippen molar-refractivity contribution in [1.29, 1.82) is 0 Å². The molecule has 11 heteroatoms. The van der Waals surface area contributed by atoms with E-state index in [4.69, 9.17) is 11.6 Å². The molecule has 0 aromatic carbocycles. The summed E-state index contributed by atoms with van der Waals surface area (Å²) in [7, 11) is -3.40. The molecule has 3 atom stereocenters. The molecule has 0 bridgehead atoms. The van der Waals surface area contributed by atoms with E-state index in [1.54, 1.807) is 0 Å². The molecular weight excluding hydrogens is 386 g/mol. The van der Waals surface area contributed by atoms with E-state index in [9.17, 15) is 26.8 Å². The lowest BCUT2D eigenvalue weighted by atomic mass is 10.2. The van der Waals surface area contributed by atoms with Crippen molar-refractivity contribution in [3.05, 3.63) is 28.4 Å². The number of hydrogen-bond acceptors (Lipinski definition) is 5. The fourth-order valence-electron chi connectivity index (χ4n) is 2.30. The van der Waals surface area contributed by atoms with Crippen LogP contribution in [-0.2, 0) is 21.2 Å². The second kappa shape index (κ2) is 7.40. The lowest BCUT2D eigenvalue weighted by Crippen LogP contribution is -2.29. The fourth-order valence-corrected chi connectivity index (χ4v) is 6.29. The number of rotatable bonds is 5. The van der Waals surface area contributed by atoms with E-state index < -0.39 is 49.0 Å². The van der Waals surface area contributed by atoms with Gasteiger partial charge in [0.25, 0.3) is 5.56 Å². The summed E-state index contributed by atoms with van der Waals surface area (Å²) in [4.78, 5) is 23.7. The lowest BCUT2D eigenvalue weighted by molar-refractivity contribution is -0.115. The molecule has 1 fully saturated rings. The Morgan fingerprint density at radius 1 is 1.54 bits per heavy atom. The van der Waals surface area contributed by atoms with Crippen LogP contribution in [0.25, 0.3) is 0 Å². The van der Waals surface area contributed by atoms with E-state index in [1.165, 1.54) is 0 Å². The molecule has 1 aromatic heterocycles. The smallest absolute Gasteiger partial charge is 0.286 e. The van der Waals surface area contributed by atoms with Crippen LogP contribution < -0.4 is 10.9 Å². The number of pyridine rings is 1. The van der Waals surface area contributed by atoms with Crippen molar-refractivity contribution in [2.45, 2.75) is 28.2 Å². The van der Waals surface area contributed by atoms with Gasteiger partial charge in [-0.3, -0.25) is 9.59 Å². The summed E-state index contributed by atoms with van der Waals surface area (Å²) in [6.45, 7) is -1.20. The van der Waals surface area contributed by atoms with Gasteiger partial charge in [0.1, 0.15) is 6.67 Å². The highest BCUT2D eigenvalue weighted by Crippen LogP contribution is 2.40. The number of thioether (sulfide) groups is 1. The molecule has 2 rings (SSSR count). The second-order valence-electron chi connectivity index (χ2n) is 5.33. The molecule has 1 saturated heterocycles. The molecular formula is C13H15ClF2N2O4S2. The van der Waals surface area contributed by atoms with Gasteiger partial charge in [0, 0.05) is 18.5 Å². The molecule has 1 N–H and O–H groups in total.